The molecule has 0 amide bonds. The maximum Gasteiger partial charge on any atom is 0.169 e. The first-order valence-corrected chi connectivity index (χ1v) is 7.25. The van der Waals surface area contributed by atoms with E-state index >= 15 is 0 Å². The minimum atomic E-state index is -0.387. The van der Waals surface area contributed by atoms with Gasteiger partial charge in [0, 0.05) is 13.0 Å². The van der Waals surface area contributed by atoms with Crippen molar-refractivity contribution >= 4 is 5.78 Å². The minimum absolute atomic E-state index is 0.129. The number of hydrogen-bond acceptors (Lipinski definition) is 3. The van der Waals surface area contributed by atoms with Crippen LogP contribution in [0.15, 0.2) is 18.2 Å². The number of carbonyl (C=O) groups is 1. The highest BCUT2D eigenvalue weighted by molar-refractivity contribution is 5.90. The van der Waals surface area contributed by atoms with Crippen molar-refractivity contribution < 1.29 is 14.3 Å². The summed E-state index contributed by atoms with van der Waals surface area (Å²) in [5.74, 6) is 0.987. The van der Waals surface area contributed by atoms with E-state index < -0.39 is 0 Å². The summed E-state index contributed by atoms with van der Waals surface area (Å²) < 4.78 is 11.4. The summed E-state index contributed by atoms with van der Waals surface area (Å²) in [6.07, 6.45) is -0.0752. The fraction of sp³-hybridized carbons (Fsp3) is 0.588. The van der Waals surface area contributed by atoms with Crippen molar-refractivity contribution in [2.45, 2.75) is 58.7 Å². The Morgan fingerprint density at radius 1 is 1.30 bits per heavy atom. The Bertz CT molecular complexity index is 499. The number of carbonyl (C=O) groups excluding carboxylic acids is 1. The second-order valence-corrected chi connectivity index (χ2v) is 6.43. The molecule has 0 heterocycles. The molecule has 1 fully saturated rings. The van der Waals surface area contributed by atoms with Crippen LogP contribution in [0.3, 0.4) is 0 Å². The molecule has 0 aromatic heterocycles. The smallest absolute Gasteiger partial charge is 0.169 e. The minimum Gasteiger partial charge on any atom is -0.486 e. The maximum absolute atomic E-state index is 11.5. The molecule has 3 heteroatoms. The molecule has 3 nitrogen and oxygen atoms in total. The first-order chi connectivity index (χ1) is 9.32. The topological polar surface area (TPSA) is 35.5 Å². The van der Waals surface area contributed by atoms with E-state index in [9.17, 15) is 4.79 Å². The summed E-state index contributed by atoms with van der Waals surface area (Å²) in [5, 5.41) is 0. The molecule has 1 aromatic rings. The lowest BCUT2D eigenvalue weighted by molar-refractivity contribution is -0.154. The monoisotopic (exact) mass is 276 g/mol. The number of ketones is 1. The molecule has 2 rings (SSSR count). The van der Waals surface area contributed by atoms with Crippen LogP contribution in [0, 0.1) is 6.92 Å². The predicted molar refractivity (Wildman–Crippen MR) is 79.3 cm³/mol. The van der Waals surface area contributed by atoms with Crippen molar-refractivity contribution in [3.05, 3.63) is 29.3 Å². The van der Waals surface area contributed by atoms with Gasteiger partial charge in [-0.3, -0.25) is 4.79 Å². The van der Waals surface area contributed by atoms with Crippen LogP contribution in [0.5, 0.6) is 5.75 Å². The molecule has 20 heavy (non-hydrogen) atoms. The molecule has 0 saturated heterocycles. The largest absolute Gasteiger partial charge is 0.486 e. The molecule has 2 unspecified atom stereocenters. The molecule has 1 aliphatic carbocycles. The van der Waals surface area contributed by atoms with Crippen LogP contribution >= 0.6 is 0 Å². The summed E-state index contributed by atoms with van der Waals surface area (Å²) in [6, 6.07) is 6.26. The van der Waals surface area contributed by atoms with Crippen LogP contribution in [-0.2, 0) is 14.9 Å². The van der Waals surface area contributed by atoms with Gasteiger partial charge in [0.25, 0.3) is 0 Å². The lowest BCUT2D eigenvalue weighted by Gasteiger charge is -2.35. The molecule has 0 aliphatic heterocycles. The van der Waals surface area contributed by atoms with Crippen molar-refractivity contribution in [2.24, 2.45) is 0 Å². The van der Waals surface area contributed by atoms with Gasteiger partial charge in [0.05, 0.1) is 0 Å². The van der Waals surface area contributed by atoms with Gasteiger partial charge in [0.2, 0.25) is 0 Å². The third-order valence-electron chi connectivity index (χ3n) is 3.72. The summed E-state index contributed by atoms with van der Waals surface area (Å²) in [4.78, 5) is 11.5. The van der Waals surface area contributed by atoms with Gasteiger partial charge in [-0.05, 0) is 36.5 Å². The van der Waals surface area contributed by atoms with Crippen molar-refractivity contribution in [2.75, 3.05) is 6.61 Å². The van der Waals surface area contributed by atoms with Crippen LogP contribution in [-0.4, -0.2) is 24.6 Å². The van der Waals surface area contributed by atoms with Crippen molar-refractivity contribution in [1.82, 2.24) is 0 Å². The number of aryl methyl sites for hydroxylation is 1. The van der Waals surface area contributed by atoms with E-state index in [1.54, 1.807) is 0 Å². The molecule has 0 spiro atoms. The van der Waals surface area contributed by atoms with E-state index in [1.807, 2.05) is 19.9 Å². The predicted octanol–water partition coefficient (Wildman–Crippen LogP) is 3.42. The number of rotatable bonds is 4. The summed E-state index contributed by atoms with van der Waals surface area (Å²) in [5.41, 5.74) is 2.52. The third-order valence-corrected chi connectivity index (χ3v) is 3.72. The van der Waals surface area contributed by atoms with Gasteiger partial charge in [0.15, 0.2) is 11.9 Å². The number of hydrogen-bond donors (Lipinski definition) is 0. The Morgan fingerprint density at radius 3 is 2.50 bits per heavy atom. The summed E-state index contributed by atoms with van der Waals surface area (Å²) in [6.45, 7) is 11.1. The lowest BCUT2D eigenvalue weighted by Crippen LogP contribution is -2.52. The molecular weight excluding hydrogens is 252 g/mol. The first-order valence-electron chi connectivity index (χ1n) is 7.25. The molecule has 1 aromatic carbocycles. The average Bonchev–Trinajstić information content (AvgIpc) is 2.36. The van der Waals surface area contributed by atoms with Gasteiger partial charge in [-0.25, -0.2) is 0 Å². The van der Waals surface area contributed by atoms with Gasteiger partial charge >= 0.3 is 0 Å². The van der Waals surface area contributed by atoms with E-state index in [2.05, 4.69) is 32.9 Å². The first kappa shape index (κ1) is 15.0. The van der Waals surface area contributed by atoms with Gasteiger partial charge < -0.3 is 9.47 Å². The lowest BCUT2D eigenvalue weighted by atomic mass is 9.86. The Balaban J connectivity index is 2.09. The highest BCUT2D eigenvalue weighted by Crippen LogP contribution is 2.31. The standard InChI is InChI=1S/C17H24O3/c1-6-19-16-13(18)10-15(16)20-14-8-7-12(9-11(14)2)17(3,4)5/h7-9,15-16H,6,10H2,1-5H3. The highest BCUT2D eigenvalue weighted by Gasteiger charge is 2.42. The zero-order valence-corrected chi connectivity index (χ0v) is 13.0. The third kappa shape index (κ3) is 3.04. The molecule has 0 radical (unpaired) electrons. The fourth-order valence-corrected chi connectivity index (χ4v) is 2.36. The van der Waals surface area contributed by atoms with Crippen LogP contribution in [0.1, 0.15) is 45.2 Å². The summed E-state index contributed by atoms with van der Waals surface area (Å²) in [7, 11) is 0. The van der Waals surface area contributed by atoms with Crippen LogP contribution in [0.25, 0.3) is 0 Å². The van der Waals surface area contributed by atoms with E-state index in [0.717, 1.165) is 11.3 Å². The molecule has 1 saturated carbocycles. The van der Waals surface area contributed by atoms with Gasteiger partial charge in [-0.15, -0.1) is 0 Å². The number of benzene rings is 1. The van der Waals surface area contributed by atoms with Crippen LogP contribution in [0.2, 0.25) is 0 Å². The molecule has 1 aliphatic rings. The molecule has 2 atom stereocenters. The van der Waals surface area contributed by atoms with E-state index in [4.69, 9.17) is 9.47 Å². The fourth-order valence-electron chi connectivity index (χ4n) is 2.36. The Kier molecular flexibility index (Phi) is 4.19. The second kappa shape index (κ2) is 5.57. The van der Waals surface area contributed by atoms with E-state index in [1.165, 1.54) is 5.56 Å². The maximum atomic E-state index is 11.5. The average molecular weight is 276 g/mol. The van der Waals surface area contributed by atoms with E-state index in [-0.39, 0.29) is 23.4 Å². The van der Waals surface area contributed by atoms with Crippen molar-refractivity contribution in [3.8, 4) is 5.75 Å². The zero-order chi connectivity index (χ0) is 14.9. The van der Waals surface area contributed by atoms with Crippen LogP contribution < -0.4 is 4.74 Å². The molecule has 110 valence electrons. The molecule has 0 bridgehead atoms. The van der Waals surface area contributed by atoms with Gasteiger partial charge in [-0.1, -0.05) is 32.9 Å². The van der Waals surface area contributed by atoms with E-state index in [0.29, 0.717) is 13.0 Å². The SMILES string of the molecule is CCOC1C(=O)CC1Oc1ccc(C(C)(C)C)cc1C. The van der Waals surface area contributed by atoms with Crippen molar-refractivity contribution in [3.63, 3.8) is 0 Å². The van der Waals surface area contributed by atoms with Crippen molar-refractivity contribution in [1.29, 1.82) is 0 Å². The summed E-state index contributed by atoms with van der Waals surface area (Å²) >= 11 is 0. The van der Waals surface area contributed by atoms with Crippen LogP contribution in [0.4, 0.5) is 0 Å². The second-order valence-electron chi connectivity index (χ2n) is 6.43. The van der Waals surface area contributed by atoms with Gasteiger partial charge in [0.1, 0.15) is 11.9 Å². The Labute approximate surface area is 121 Å². The molecular formula is C17H24O3. The number of Topliss-reactive ketones (excluding diaryl/α,β-unsaturated/α-hetero) is 1. The zero-order valence-electron chi connectivity index (χ0n) is 13.0. The Hall–Kier alpha value is -1.35. The number of ether oxygens (including phenoxy) is 2. The normalized spacial score (nSPS) is 22.6. The molecule has 0 N–H and O–H groups in total. The van der Waals surface area contributed by atoms with Gasteiger partial charge in [-0.2, -0.15) is 0 Å². The highest BCUT2D eigenvalue weighted by atomic mass is 16.5. The quantitative estimate of drug-likeness (QED) is 0.845. The Morgan fingerprint density at radius 2 is 2.00 bits per heavy atom.